The van der Waals surface area contributed by atoms with Gasteiger partial charge in [0.2, 0.25) is 0 Å². The molecule has 0 unspecified atom stereocenters. The van der Waals surface area contributed by atoms with Crippen LogP contribution in [0.15, 0.2) is 162 Å². The van der Waals surface area contributed by atoms with E-state index in [-0.39, 0.29) is 0 Å². The Bertz CT molecular complexity index is 2430. The van der Waals surface area contributed by atoms with Crippen LogP contribution >= 0.6 is 15.9 Å². The second-order valence-corrected chi connectivity index (χ2v) is 14.2. The van der Waals surface area contributed by atoms with Crippen molar-refractivity contribution in [3.8, 4) is 33.8 Å². The van der Waals surface area contributed by atoms with Crippen molar-refractivity contribution in [2.45, 2.75) is 33.2 Å². The third-order valence-corrected chi connectivity index (χ3v) is 9.96. The first-order valence-corrected chi connectivity index (χ1v) is 19.2. The lowest BCUT2D eigenvalue weighted by atomic mass is 9.99. The fraction of sp³-hybridized carbons (Fsp3) is 0.143. The molecule has 0 spiro atoms. The Morgan fingerprint density at radius 1 is 0.491 bits per heavy atom. The Balaban J connectivity index is 0.000000157. The summed E-state index contributed by atoms with van der Waals surface area (Å²) in [6, 6.07) is 54.2. The minimum Gasteiger partial charge on any atom is -0.497 e. The van der Waals surface area contributed by atoms with Crippen LogP contribution in [0, 0.1) is 13.8 Å². The molecule has 2 heterocycles. The lowest BCUT2D eigenvalue weighted by Gasteiger charge is -2.10. The van der Waals surface area contributed by atoms with Crippen molar-refractivity contribution >= 4 is 37.7 Å². The van der Waals surface area contributed by atoms with Crippen LogP contribution in [-0.2, 0) is 19.4 Å². The van der Waals surface area contributed by atoms with E-state index >= 15 is 0 Å². The number of rotatable bonds is 8. The molecule has 0 amide bonds. The molecule has 8 aromatic rings. The summed E-state index contributed by atoms with van der Waals surface area (Å²) < 4.78 is 11.3. The van der Waals surface area contributed by atoms with Crippen molar-refractivity contribution in [2.24, 2.45) is 5.73 Å². The van der Waals surface area contributed by atoms with E-state index in [4.69, 9.17) is 20.2 Å². The third-order valence-electron chi connectivity index (χ3n) is 9.46. The number of benzene rings is 6. The van der Waals surface area contributed by atoms with E-state index in [1.54, 1.807) is 14.2 Å². The van der Waals surface area contributed by atoms with Crippen LogP contribution in [0.3, 0.4) is 0 Å². The molecule has 0 saturated carbocycles. The Kier molecular flexibility index (Phi) is 13.4. The maximum Gasteiger partial charge on any atom is 0.118 e. The first-order valence-electron chi connectivity index (χ1n) is 18.4. The van der Waals surface area contributed by atoms with Gasteiger partial charge in [0.15, 0.2) is 0 Å². The highest BCUT2D eigenvalue weighted by molar-refractivity contribution is 9.10. The minimum atomic E-state index is 0.587. The van der Waals surface area contributed by atoms with E-state index in [2.05, 4.69) is 132 Å². The number of nitrogens with zero attached hydrogens (tertiary/aromatic N) is 2. The van der Waals surface area contributed by atoms with Gasteiger partial charge in [0.25, 0.3) is 0 Å². The molecule has 276 valence electrons. The van der Waals surface area contributed by atoms with Crippen LogP contribution in [0.5, 0.6) is 11.5 Å². The van der Waals surface area contributed by atoms with Gasteiger partial charge >= 0.3 is 0 Å². The first kappa shape index (κ1) is 38.9. The summed E-state index contributed by atoms with van der Waals surface area (Å²) in [5.41, 5.74) is 18.2. The van der Waals surface area contributed by atoms with E-state index < -0.39 is 0 Å². The number of aryl methyl sites for hydroxylation is 4. The van der Waals surface area contributed by atoms with Crippen LogP contribution in [0.1, 0.15) is 28.1 Å². The number of halogens is 1. The average molecular weight is 789 g/mol. The number of methoxy groups -OCH3 is 2. The molecule has 2 aromatic heterocycles. The molecular weight excluding hydrogens is 742 g/mol. The molecule has 8 rings (SSSR count). The van der Waals surface area contributed by atoms with Crippen molar-refractivity contribution in [3.63, 3.8) is 0 Å². The summed E-state index contributed by atoms with van der Waals surface area (Å²) in [6.07, 6.45) is 2.02. The summed E-state index contributed by atoms with van der Waals surface area (Å²) in [4.78, 5) is 9.49. The van der Waals surface area contributed by atoms with Crippen molar-refractivity contribution in [2.75, 3.05) is 14.2 Å². The van der Waals surface area contributed by atoms with E-state index in [9.17, 15) is 0 Å². The number of aromatic nitrogens is 2. The quantitative estimate of drug-likeness (QED) is 0.166. The van der Waals surface area contributed by atoms with Crippen LogP contribution in [-0.4, -0.2) is 24.2 Å². The lowest BCUT2D eigenvalue weighted by Crippen LogP contribution is -1.95. The molecule has 0 fully saturated rings. The Hall–Kier alpha value is -5.82. The summed E-state index contributed by atoms with van der Waals surface area (Å²) in [5.74, 6) is 1.77. The molecule has 0 aliphatic heterocycles. The van der Waals surface area contributed by atoms with Gasteiger partial charge < -0.3 is 15.2 Å². The van der Waals surface area contributed by atoms with Crippen LogP contribution in [0.2, 0.25) is 0 Å². The van der Waals surface area contributed by atoms with E-state index in [0.717, 1.165) is 62.2 Å². The monoisotopic (exact) mass is 787 g/mol. The second-order valence-electron chi connectivity index (χ2n) is 13.2. The van der Waals surface area contributed by atoms with E-state index in [1.807, 2.05) is 60.7 Å². The van der Waals surface area contributed by atoms with Gasteiger partial charge in [-0.25, -0.2) is 0 Å². The number of pyridine rings is 2. The largest absolute Gasteiger partial charge is 0.497 e. The van der Waals surface area contributed by atoms with Gasteiger partial charge in [-0.15, -0.1) is 0 Å². The fourth-order valence-corrected chi connectivity index (χ4v) is 6.76. The zero-order chi connectivity index (χ0) is 38.6. The number of ether oxygens (including phenoxy) is 2. The van der Waals surface area contributed by atoms with Crippen LogP contribution < -0.4 is 15.2 Å². The van der Waals surface area contributed by atoms with Crippen molar-refractivity contribution in [1.82, 2.24) is 9.97 Å². The molecule has 2 N–H and O–H groups in total. The Morgan fingerprint density at radius 2 is 0.927 bits per heavy atom. The van der Waals surface area contributed by atoms with Crippen LogP contribution in [0.25, 0.3) is 44.1 Å². The molecule has 6 heteroatoms. The van der Waals surface area contributed by atoms with Gasteiger partial charge in [0.05, 0.1) is 25.3 Å². The normalized spacial score (nSPS) is 10.6. The molecule has 55 heavy (non-hydrogen) atoms. The lowest BCUT2D eigenvalue weighted by molar-refractivity contribution is 0.414. The van der Waals surface area contributed by atoms with Crippen LogP contribution in [0.4, 0.5) is 0 Å². The highest BCUT2D eigenvalue weighted by Gasteiger charge is 2.08. The fourth-order valence-electron chi connectivity index (χ4n) is 6.38. The van der Waals surface area contributed by atoms with Gasteiger partial charge in [-0.2, -0.15) is 0 Å². The summed E-state index contributed by atoms with van der Waals surface area (Å²) in [7, 11) is 3.35. The number of hydrogen-bond acceptors (Lipinski definition) is 5. The number of fused-ring (bicyclic) bond motifs is 2. The number of hydrogen-bond donors (Lipinski definition) is 1. The zero-order valence-electron chi connectivity index (χ0n) is 31.8. The predicted octanol–water partition coefficient (Wildman–Crippen LogP) is 12.1. The highest BCUT2D eigenvalue weighted by Crippen LogP contribution is 2.29. The van der Waals surface area contributed by atoms with Gasteiger partial charge in [-0.05, 0) is 121 Å². The van der Waals surface area contributed by atoms with E-state index in [0.29, 0.717) is 6.54 Å². The standard InChI is InChI=1S/C25H23NO.C16H12BrN.C8H11NO/c1-18-24(21-6-4-3-5-7-21)17-22-16-20(12-15-25(22)26-18)9-8-19-10-13-23(27-2)14-11-19;1-11-15(12-5-3-2-4-6-12)10-13-9-14(17)7-8-16(13)18-11;1-10-8-4-2-7(6-9)3-5-8/h3-7,10-17H,8-9H2,1-2H3;2-10H,1H3;2-5H,6,9H2,1H3. The SMILES string of the molecule is COc1ccc(CCc2ccc3nc(C)c(-c4ccccc4)cc3c2)cc1.COc1ccc(CN)cc1.Cc1nc2ccc(Br)cc2cc1-c1ccccc1. The van der Waals surface area contributed by atoms with E-state index in [1.165, 1.54) is 38.8 Å². The summed E-state index contributed by atoms with van der Waals surface area (Å²) >= 11 is 3.50. The van der Waals surface area contributed by atoms with Crippen molar-refractivity contribution in [1.29, 1.82) is 0 Å². The predicted molar refractivity (Wildman–Crippen MR) is 233 cm³/mol. The molecule has 6 aromatic carbocycles. The molecule has 0 saturated heterocycles. The smallest absolute Gasteiger partial charge is 0.118 e. The molecule has 0 atom stereocenters. The minimum absolute atomic E-state index is 0.587. The maximum absolute atomic E-state index is 5.40. The van der Waals surface area contributed by atoms with Gasteiger partial charge in [0, 0.05) is 44.3 Å². The topological polar surface area (TPSA) is 70.3 Å². The number of nitrogens with two attached hydrogens (primary N) is 1. The molecule has 5 nitrogen and oxygen atoms in total. The molecule has 0 aliphatic carbocycles. The van der Waals surface area contributed by atoms with Gasteiger partial charge in [-0.3, -0.25) is 9.97 Å². The highest BCUT2D eigenvalue weighted by atomic mass is 79.9. The molecule has 0 aliphatic rings. The van der Waals surface area contributed by atoms with Gasteiger partial charge in [-0.1, -0.05) is 107 Å². The molecule has 0 radical (unpaired) electrons. The molecule has 0 bridgehead atoms. The summed E-state index contributed by atoms with van der Waals surface area (Å²) in [6.45, 7) is 4.73. The summed E-state index contributed by atoms with van der Waals surface area (Å²) in [5, 5.41) is 2.36. The van der Waals surface area contributed by atoms with Crippen molar-refractivity contribution < 1.29 is 9.47 Å². The zero-order valence-corrected chi connectivity index (χ0v) is 33.4. The third kappa shape index (κ3) is 10.4. The van der Waals surface area contributed by atoms with Crippen molar-refractivity contribution in [3.05, 3.63) is 190 Å². The molecular formula is C49H46BrN3O2. The Morgan fingerprint density at radius 3 is 1.42 bits per heavy atom. The second kappa shape index (κ2) is 19.0. The average Bonchev–Trinajstić information content (AvgIpc) is 3.24. The van der Waals surface area contributed by atoms with Gasteiger partial charge in [0.1, 0.15) is 11.5 Å². The Labute approximate surface area is 333 Å². The maximum atomic E-state index is 5.40. The first-order chi connectivity index (χ1) is 26.8.